The quantitative estimate of drug-likeness (QED) is 0.712. The van der Waals surface area contributed by atoms with Crippen LogP contribution in [0.4, 0.5) is 4.39 Å². The summed E-state index contributed by atoms with van der Waals surface area (Å²) in [7, 11) is -3.83. The lowest BCUT2D eigenvalue weighted by Crippen LogP contribution is -2.34. The second-order valence-electron chi connectivity index (χ2n) is 7.57. The zero-order chi connectivity index (χ0) is 21.5. The van der Waals surface area contributed by atoms with Crippen LogP contribution in [0.1, 0.15) is 43.5 Å². The standard InChI is InChI=1S/C19H22FN2O7P/c1-11(2)13-5-3-12(4-6-13)9-26-30(25)27-10-16-15(29-30)7-17(28-16)22-8-14(20)18(23)21-19(22)24/h3-6,8,11,15-17H,7,9-10H2,1-2H3,(H,21,23,24)/t15-,16+,17+,30?/m0/s1. The molecule has 3 heterocycles. The Morgan fingerprint density at radius 2 is 2.00 bits per heavy atom. The molecule has 1 aromatic heterocycles. The molecule has 1 aromatic carbocycles. The van der Waals surface area contributed by atoms with Crippen molar-refractivity contribution in [2.45, 2.75) is 51.2 Å². The van der Waals surface area contributed by atoms with Crippen molar-refractivity contribution in [2.24, 2.45) is 0 Å². The van der Waals surface area contributed by atoms with E-state index in [2.05, 4.69) is 13.8 Å². The molecule has 4 rings (SSSR count). The number of benzene rings is 1. The Balaban J connectivity index is 1.40. The van der Waals surface area contributed by atoms with Gasteiger partial charge in [0.25, 0.3) is 5.56 Å². The minimum Gasteiger partial charge on any atom is -0.349 e. The van der Waals surface area contributed by atoms with Crippen molar-refractivity contribution >= 4 is 7.82 Å². The number of phosphoric ester groups is 1. The van der Waals surface area contributed by atoms with Crippen molar-refractivity contribution in [1.82, 2.24) is 9.55 Å². The minimum absolute atomic E-state index is 0.0436. The number of hydrogen-bond acceptors (Lipinski definition) is 7. The molecule has 4 atom stereocenters. The highest BCUT2D eigenvalue weighted by molar-refractivity contribution is 7.48. The second kappa shape index (κ2) is 8.20. The highest BCUT2D eigenvalue weighted by Crippen LogP contribution is 2.57. The topological polar surface area (TPSA) is 109 Å². The van der Waals surface area contributed by atoms with Gasteiger partial charge in [0.1, 0.15) is 18.4 Å². The lowest BCUT2D eigenvalue weighted by atomic mass is 10.0. The zero-order valence-electron chi connectivity index (χ0n) is 16.4. The van der Waals surface area contributed by atoms with Crippen LogP contribution in [-0.4, -0.2) is 28.4 Å². The van der Waals surface area contributed by atoms with Gasteiger partial charge < -0.3 is 4.74 Å². The average Bonchev–Trinajstić information content (AvgIpc) is 3.12. The van der Waals surface area contributed by atoms with E-state index in [1.165, 1.54) is 5.56 Å². The molecule has 0 bridgehead atoms. The predicted molar refractivity (Wildman–Crippen MR) is 104 cm³/mol. The number of aromatic nitrogens is 2. The Kier molecular flexibility index (Phi) is 5.78. The van der Waals surface area contributed by atoms with Gasteiger partial charge in [0.05, 0.1) is 19.4 Å². The summed E-state index contributed by atoms with van der Waals surface area (Å²) in [5.41, 5.74) is 0.0852. The molecule has 162 valence electrons. The Labute approximate surface area is 171 Å². The summed E-state index contributed by atoms with van der Waals surface area (Å²) < 4.78 is 49.3. The Hall–Kier alpha value is -2.10. The summed E-state index contributed by atoms with van der Waals surface area (Å²) in [6, 6.07) is 7.74. The number of phosphoric acid groups is 1. The first-order chi connectivity index (χ1) is 14.2. The largest absolute Gasteiger partial charge is 0.475 e. The third-order valence-corrected chi connectivity index (χ3v) is 6.55. The van der Waals surface area contributed by atoms with E-state index in [9.17, 15) is 18.5 Å². The SMILES string of the molecule is CC(C)c1ccc(COP2(=O)OC[C@H]3O[C@@H](n4cc(F)c(=O)[nH]c4=O)C[C@@H]3O2)cc1. The van der Waals surface area contributed by atoms with Crippen molar-refractivity contribution in [3.63, 3.8) is 0 Å². The van der Waals surface area contributed by atoms with E-state index in [4.69, 9.17) is 18.3 Å². The van der Waals surface area contributed by atoms with Crippen molar-refractivity contribution in [1.29, 1.82) is 0 Å². The van der Waals surface area contributed by atoms with Crippen molar-refractivity contribution in [3.8, 4) is 0 Å². The molecular weight excluding hydrogens is 418 g/mol. The normalized spacial score (nSPS) is 28.6. The third kappa shape index (κ3) is 4.33. The monoisotopic (exact) mass is 440 g/mol. The summed E-state index contributed by atoms with van der Waals surface area (Å²) >= 11 is 0. The van der Waals surface area contributed by atoms with Gasteiger partial charge in [-0.1, -0.05) is 38.1 Å². The van der Waals surface area contributed by atoms with E-state index in [1.807, 2.05) is 29.2 Å². The molecule has 0 spiro atoms. The van der Waals surface area contributed by atoms with Gasteiger partial charge in [0, 0.05) is 6.42 Å². The zero-order valence-corrected chi connectivity index (χ0v) is 17.3. The first-order valence-corrected chi connectivity index (χ1v) is 11.0. The number of nitrogens with one attached hydrogen (secondary N) is 1. The van der Waals surface area contributed by atoms with E-state index < -0.39 is 43.3 Å². The van der Waals surface area contributed by atoms with Crippen molar-refractivity contribution in [3.05, 3.63) is 68.2 Å². The van der Waals surface area contributed by atoms with Crippen LogP contribution in [0.25, 0.3) is 0 Å². The summed E-state index contributed by atoms with van der Waals surface area (Å²) in [5.74, 6) is -0.707. The molecule has 30 heavy (non-hydrogen) atoms. The smallest absolute Gasteiger partial charge is 0.349 e. The van der Waals surface area contributed by atoms with Crippen LogP contribution >= 0.6 is 7.82 Å². The Bertz CT molecular complexity index is 1080. The average molecular weight is 440 g/mol. The van der Waals surface area contributed by atoms with Crippen LogP contribution in [0, 0.1) is 5.82 Å². The lowest BCUT2D eigenvalue weighted by molar-refractivity contribution is -0.0731. The van der Waals surface area contributed by atoms with Gasteiger partial charge in [-0.05, 0) is 17.0 Å². The van der Waals surface area contributed by atoms with E-state index in [0.29, 0.717) is 5.92 Å². The molecule has 2 aromatic rings. The van der Waals surface area contributed by atoms with Crippen molar-refractivity contribution in [2.75, 3.05) is 6.61 Å². The predicted octanol–water partition coefficient (Wildman–Crippen LogP) is 2.83. The fourth-order valence-corrected chi connectivity index (χ4v) is 4.77. The first kappa shape index (κ1) is 21.1. The molecule has 1 N–H and O–H groups in total. The molecule has 2 saturated heterocycles. The molecule has 0 saturated carbocycles. The second-order valence-corrected chi connectivity index (χ2v) is 9.19. The number of aromatic amines is 1. The minimum atomic E-state index is -3.83. The number of nitrogens with zero attached hydrogens (tertiary/aromatic N) is 1. The van der Waals surface area contributed by atoms with Gasteiger partial charge in [-0.25, -0.2) is 9.36 Å². The number of H-pyrrole nitrogens is 1. The third-order valence-electron chi connectivity index (χ3n) is 5.11. The first-order valence-electron chi connectivity index (χ1n) is 9.57. The highest BCUT2D eigenvalue weighted by atomic mass is 31.2. The molecule has 2 aliphatic rings. The maximum absolute atomic E-state index is 13.6. The number of rotatable bonds is 5. The molecule has 11 heteroatoms. The van der Waals surface area contributed by atoms with Crippen LogP contribution in [0.5, 0.6) is 0 Å². The molecule has 2 aliphatic heterocycles. The summed E-state index contributed by atoms with van der Waals surface area (Å²) in [5, 5.41) is 0. The van der Waals surface area contributed by atoms with Crippen LogP contribution in [0.2, 0.25) is 0 Å². The molecule has 0 aliphatic carbocycles. The molecule has 1 unspecified atom stereocenters. The van der Waals surface area contributed by atoms with E-state index >= 15 is 0 Å². The fourth-order valence-electron chi connectivity index (χ4n) is 3.39. The molecule has 0 radical (unpaired) electrons. The van der Waals surface area contributed by atoms with Crippen LogP contribution < -0.4 is 11.2 Å². The van der Waals surface area contributed by atoms with E-state index in [-0.39, 0.29) is 19.6 Å². The van der Waals surface area contributed by atoms with Gasteiger partial charge in [0.2, 0.25) is 5.82 Å². The van der Waals surface area contributed by atoms with E-state index in [1.54, 1.807) is 0 Å². The van der Waals surface area contributed by atoms with Crippen LogP contribution in [0.3, 0.4) is 0 Å². The van der Waals surface area contributed by atoms with E-state index in [0.717, 1.165) is 16.3 Å². The molecule has 2 fully saturated rings. The fraction of sp³-hybridized carbons (Fsp3) is 0.474. The van der Waals surface area contributed by atoms with Crippen LogP contribution in [0.15, 0.2) is 40.1 Å². The maximum Gasteiger partial charge on any atom is 0.475 e. The summed E-state index contributed by atoms with van der Waals surface area (Å²) in [6.45, 7) is 4.17. The Morgan fingerprint density at radius 3 is 2.70 bits per heavy atom. The maximum atomic E-state index is 13.6. The van der Waals surface area contributed by atoms with Gasteiger partial charge in [-0.2, -0.15) is 4.39 Å². The molecule has 0 amide bonds. The molecular formula is C19H22FN2O7P. The highest BCUT2D eigenvalue weighted by Gasteiger charge is 2.48. The van der Waals surface area contributed by atoms with Crippen LogP contribution in [-0.2, 0) is 29.5 Å². The Morgan fingerprint density at radius 1 is 1.27 bits per heavy atom. The van der Waals surface area contributed by atoms with Gasteiger partial charge in [0.15, 0.2) is 0 Å². The van der Waals surface area contributed by atoms with Gasteiger partial charge >= 0.3 is 13.5 Å². The number of hydrogen-bond donors (Lipinski definition) is 1. The number of halogens is 1. The number of ether oxygens (including phenoxy) is 1. The van der Waals surface area contributed by atoms with Crippen molar-refractivity contribution < 1.29 is 27.3 Å². The molecule has 9 nitrogen and oxygen atoms in total. The number of fused-ring (bicyclic) bond motifs is 1. The van der Waals surface area contributed by atoms with Gasteiger partial charge in [-0.3, -0.25) is 27.9 Å². The lowest BCUT2D eigenvalue weighted by Gasteiger charge is -2.29. The summed E-state index contributed by atoms with van der Waals surface area (Å²) in [4.78, 5) is 25.0. The van der Waals surface area contributed by atoms with Gasteiger partial charge in [-0.15, -0.1) is 0 Å². The summed E-state index contributed by atoms with van der Waals surface area (Å²) in [6.07, 6.45) is -1.26.